The summed E-state index contributed by atoms with van der Waals surface area (Å²) < 4.78 is 18.7. The van der Waals surface area contributed by atoms with Crippen LogP contribution in [-0.2, 0) is 0 Å². The van der Waals surface area contributed by atoms with E-state index >= 15 is 0 Å². The van der Waals surface area contributed by atoms with E-state index in [4.69, 9.17) is 16.3 Å². The van der Waals surface area contributed by atoms with E-state index in [1.807, 2.05) is 32.1 Å². The van der Waals surface area contributed by atoms with Crippen molar-refractivity contribution in [3.8, 4) is 5.75 Å². The van der Waals surface area contributed by atoms with Gasteiger partial charge in [0, 0.05) is 23.0 Å². The van der Waals surface area contributed by atoms with E-state index in [-0.39, 0.29) is 23.1 Å². The molecule has 3 rings (SSSR count). The SMILES string of the molecule is CC=CC(F)Oc1ccc(C(=O)C(C)(C)CCCC(=O)c2sc(C3=CC=CC(C)C=C3)nc2Cl)cc1. The molecule has 2 unspecified atom stereocenters. The predicted octanol–water partition coefficient (Wildman–Crippen LogP) is 8.45. The maximum absolute atomic E-state index is 13.6. The number of alkyl halides is 1. The Morgan fingerprint density at radius 1 is 1.25 bits per heavy atom. The summed E-state index contributed by atoms with van der Waals surface area (Å²) in [5, 5.41) is 0.934. The third-order valence-corrected chi connectivity index (χ3v) is 7.42. The summed E-state index contributed by atoms with van der Waals surface area (Å²) in [4.78, 5) is 30.8. The first-order chi connectivity index (χ1) is 17.1. The maximum atomic E-state index is 13.6. The summed E-state index contributed by atoms with van der Waals surface area (Å²) in [6.45, 7) is 7.54. The summed E-state index contributed by atoms with van der Waals surface area (Å²) >= 11 is 7.61. The molecule has 1 aliphatic carbocycles. The van der Waals surface area contributed by atoms with Gasteiger partial charge in [0.2, 0.25) is 0 Å². The lowest BCUT2D eigenvalue weighted by Crippen LogP contribution is -2.24. The molecule has 1 aromatic heterocycles. The van der Waals surface area contributed by atoms with Crippen LogP contribution >= 0.6 is 22.9 Å². The zero-order chi connectivity index (χ0) is 26.3. The van der Waals surface area contributed by atoms with Crippen molar-refractivity contribution in [3.63, 3.8) is 0 Å². The smallest absolute Gasteiger partial charge is 0.257 e. The van der Waals surface area contributed by atoms with Gasteiger partial charge in [-0.15, -0.1) is 11.3 Å². The summed E-state index contributed by atoms with van der Waals surface area (Å²) in [5.41, 5.74) is 0.773. The molecular weight excluding hydrogens is 497 g/mol. The fourth-order valence-corrected chi connectivity index (χ4v) is 5.05. The van der Waals surface area contributed by atoms with Gasteiger partial charge < -0.3 is 4.74 Å². The molecule has 2 aromatic rings. The Morgan fingerprint density at radius 2 is 1.97 bits per heavy atom. The number of nitrogens with zero attached hydrogens (tertiary/aromatic N) is 1. The number of aromatic nitrogens is 1. The van der Waals surface area contributed by atoms with E-state index < -0.39 is 11.8 Å². The van der Waals surface area contributed by atoms with E-state index in [9.17, 15) is 14.0 Å². The second-order valence-electron chi connectivity index (χ2n) is 9.37. The quantitative estimate of drug-likeness (QED) is 0.217. The molecule has 0 fully saturated rings. The molecule has 0 spiro atoms. The van der Waals surface area contributed by atoms with Gasteiger partial charge in [0.15, 0.2) is 16.7 Å². The van der Waals surface area contributed by atoms with E-state index in [2.05, 4.69) is 24.1 Å². The molecule has 1 aliphatic rings. The number of ether oxygens (including phenoxy) is 1. The lowest BCUT2D eigenvalue weighted by molar-refractivity contribution is 0.0814. The average Bonchev–Trinajstić information content (AvgIpc) is 3.09. The first-order valence-electron chi connectivity index (χ1n) is 12.0. The highest BCUT2D eigenvalue weighted by Gasteiger charge is 2.29. The molecule has 1 heterocycles. The number of carbonyl (C=O) groups is 2. The van der Waals surface area contributed by atoms with Crippen LogP contribution in [0.4, 0.5) is 4.39 Å². The first-order valence-corrected chi connectivity index (χ1v) is 13.1. The van der Waals surface area contributed by atoms with Gasteiger partial charge in [-0.2, -0.15) is 4.39 Å². The zero-order valence-electron chi connectivity index (χ0n) is 21.0. The van der Waals surface area contributed by atoms with Crippen LogP contribution < -0.4 is 4.74 Å². The van der Waals surface area contributed by atoms with E-state index in [0.717, 1.165) is 5.57 Å². The first kappa shape index (κ1) is 27.8. The van der Waals surface area contributed by atoms with Crippen LogP contribution in [-0.4, -0.2) is 22.9 Å². The second kappa shape index (κ2) is 12.4. The van der Waals surface area contributed by atoms with Crippen molar-refractivity contribution in [3.05, 3.63) is 87.4 Å². The minimum Gasteiger partial charge on any atom is -0.457 e. The lowest BCUT2D eigenvalue weighted by atomic mass is 9.80. The average molecular weight is 528 g/mol. The predicted molar refractivity (Wildman–Crippen MR) is 146 cm³/mol. The molecular formula is C29H31ClFNO3S. The molecule has 0 saturated carbocycles. The highest BCUT2D eigenvalue weighted by atomic mass is 35.5. The van der Waals surface area contributed by atoms with Crippen molar-refractivity contribution in [1.29, 1.82) is 0 Å². The number of hydrogen-bond acceptors (Lipinski definition) is 5. The molecule has 0 radical (unpaired) electrons. The van der Waals surface area contributed by atoms with E-state index in [0.29, 0.717) is 40.0 Å². The van der Waals surface area contributed by atoms with Crippen LogP contribution in [0.25, 0.3) is 5.57 Å². The molecule has 0 amide bonds. The van der Waals surface area contributed by atoms with Crippen LogP contribution in [0.3, 0.4) is 0 Å². The number of Topliss-reactive ketones (excluding diaryl/α,β-unsaturated/α-hetero) is 2. The van der Waals surface area contributed by atoms with Crippen molar-refractivity contribution in [2.45, 2.75) is 53.3 Å². The molecule has 1 aromatic carbocycles. The Balaban J connectivity index is 1.58. The van der Waals surface area contributed by atoms with Crippen molar-refractivity contribution < 1.29 is 18.7 Å². The molecule has 36 heavy (non-hydrogen) atoms. The Labute approximate surface area is 221 Å². The van der Waals surface area contributed by atoms with E-state index in [1.165, 1.54) is 17.4 Å². The molecule has 0 saturated heterocycles. The van der Waals surface area contributed by atoms with Gasteiger partial charge in [0.25, 0.3) is 6.36 Å². The number of allylic oxidation sites excluding steroid dienone is 7. The molecule has 190 valence electrons. The van der Waals surface area contributed by atoms with Crippen LogP contribution in [0.5, 0.6) is 5.75 Å². The van der Waals surface area contributed by atoms with Crippen LogP contribution in [0.15, 0.2) is 66.8 Å². The lowest BCUT2D eigenvalue weighted by Gasteiger charge is -2.23. The monoisotopic (exact) mass is 527 g/mol. The molecule has 0 aliphatic heterocycles. The standard InChI is InChI=1S/C29H31ClFNO3S/c1-5-8-24(31)35-22-16-14-20(15-17-22)26(34)29(3,4)18-7-11-23(33)25-27(30)32-28(36-25)21-10-6-9-19(2)12-13-21/h5-6,8-10,12-17,19,24H,7,11,18H2,1-4H3. The highest BCUT2D eigenvalue weighted by Crippen LogP contribution is 2.33. The fraction of sp³-hybridized carbons (Fsp3) is 0.345. The third kappa shape index (κ3) is 7.34. The zero-order valence-corrected chi connectivity index (χ0v) is 22.5. The third-order valence-electron chi connectivity index (χ3n) is 5.89. The van der Waals surface area contributed by atoms with Gasteiger partial charge in [-0.3, -0.25) is 9.59 Å². The molecule has 0 N–H and O–H groups in total. The van der Waals surface area contributed by atoms with Crippen LogP contribution in [0.2, 0.25) is 5.15 Å². The second-order valence-corrected chi connectivity index (χ2v) is 10.7. The van der Waals surface area contributed by atoms with Gasteiger partial charge in [0.05, 0.1) is 0 Å². The Bertz CT molecular complexity index is 1210. The van der Waals surface area contributed by atoms with Gasteiger partial charge in [-0.05, 0) is 56.0 Å². The minimum absolute atomic E-state index is 0.0424. The number of carbonyl (C=O) groups excluding carboxylic acids is 2. The van der Waals surface area contributed by atoms with Crippen molar-refractivity contribution >= 4 is 40.1 Å². The van der Waals surface area contributed by atoms with E-state index in [1.54, 1.807) is 37.3 Å². The van der Waals surface area contributed by atoms with Crippen LogP contribution in [0.1, 0.15) is 72.0 Å². The number of rotatable bonds is 11. The fourth-order valence-electron chi connectivity index (χ4n) is 3.76. The normalized spacial score (nSPS) is 16.6. The van der Waals surface area contributed by atoms with Crippen molar-refractivity contribution in [1.82, 2.24) is 4.98 Å². The Kier molecular flexibility index (Phi) is 9.57. The maximum Gasteiger partial charge on any atom is 0.257 e. The molecule has 2 atom stereocenters. The summed E-state index contributed by atoms with van der Waals surface area (Å²) in [6.07, 6.45) is 12.8. The summed E-state index contributed by atoms with van der Waals surface area (Å²) in [7, 11) is 0. The topological polar surface area (TPSA) is 56.3 Å². The highest BCUT2D eigenvalue weighted by molar-refractivity contribution is 7.15. The number of hydrogen-bond donors (Lipinski definition) is 0. The Morgan fingerprint density at radius 3 is 2.67 bits per heavy atom. The number of thiazole rings is 1. The van der Waals surface area contributed by atoms with Crippen molar-refractivity contribution in [2.75, 3.05) is 0 Å². The van der Waals surface area contributed by atoms with Gasteiger partial charge in [-0.25, -0.2) is 4.98 Å². The minimum atomic E-state index is -1.53. The number of halogens is 2. The molecule has 4 nitrogen and oxygen atoms in total. The number of ketones is 2. The van der Waals surface area contributed by atoms with Crippen molar-refractivity contribution in [2.24, 2.45) is 11.3 Å². The van der Waals surface area contributed by atoms with Gasteiger partial charge in [0.1, 0.15) is 15.6 Å². The largest absolute Gasteiger partial charge is 0.457 e. The van der Waals surface area contributed by atoms with Gasteiger partial charge in [-0.1, -0.05) is 68.8 Å². The Hall–Kier alpha value is -2.83. The van der Waals surface area contributed by atoms with Crippen LogP contribution in [0, 0.1) is 11.3 Å². The van der Waals surface area contributed by atoms with Gasteiger partial charge >= 0.3 is 0 Å². The number of benzene rings is 1. The summed E-state index contributed by atoms with van der Waals surface area (Å²) in [5.74, 6) is 0.567. The molecule has 7 heteroatoms. The summed E-state index contributed by atoms with van der Waals surface area (Å²) in [6, 6.07) is 6.44. The molecule has 0 bridgehead atoms.